The first-order chi connectivity index (χ1) is 8.68. The third-order valence-electron chi connectivity index (χ3n) is 2.52. The van der Waals surface area contributed by atoms with Crippen LogP contribution in [0.15, 0.2) is 24.5 Å². The summed E-state index contributed by atoms with van der Waals surface area (Å²) in [5.41, 5.74) is 0.517. The maximum atomic E-state index is 9.58. The van der Waals surface area contributed by atoms with Crippen molar-refractivity contribution in [3.8, 4) is 17.2 Å². The predicted molar refractivity (Wildman–Crippen MR) is 63.2 cm³/mol. The maximum absolute atomic E-state index is 9.58. The summed E-state index contributed by atoms with van der Waals surface area (Å²) in [4.78, 5) is 0. The van der Waals surface area contributed by atoms with Gasteiger partial charge >= 0.3 is 0 Å². The van der Waals surface area contributed by atoms with Gasteiger partial charge in [-0.15, -0.1) is 5.10 Å². The molecule has 0 radical (unpaired) electrons. The third-order valence-corrected chi connectivity index (χ3v) is 2.52. The fourth-order valence-electron chi connectivity index (χ4n) is 1.52. The van der Waals surface area contributed by atoms with E-state index in [1.165, 1.54) is 6.07 Å². The van der Waals surface area contributed by atoms with Gasteiger partial charge in [-0.05, 0) is 6.07 Å². The van der Waals surface area contributed by atoms with Crippen LogP contribution in [0.4, 0.5) is 0 Å². The van der Waals surface area contributed by atoms with Crippen molar-refractivity contribution in [2.45, 2.75) is 13.1 Å². The molecule has 0 bridgehead atoms. The van der Waals surface area contributed by atoms with Gasteiger partial charge in [0.1, 0.15) is 0 Å². The quantitative estimate of drug-likeness (QED) is 0.446. The van der Waals surface area contributed by atoms with Gasteiger partial charge in [0, 0.05) is 24.8 Å². The molecule has 2 aromatic rings. The van der Waals surface area contributed by atoms with E-state index >= 15 is 0 Å². The largest absolute Gasteiger partial charge is 0.504 e. The van der Waals surface area contributed by atoms with Crippen LogP contribution in [0.3, 0.4) is 0 Å². The SMILES string of the molecule is Oc1ccc(CNCCn2ccnn2)c(O)c1O. The zero-order valence-electron chi connectivity index (χ0n) is 9.61. The number of aromatic hydroxyl groups is 3. The number of hydrogen-bond donors (Lipinski definition) is 4. The normalized spacial score (nSPS) is 10.7. The predicted octanol–water partition coefficient (Wildman–Crippen LogP) is 0.185. The van der Waals surface area contributed by atoms with E-state index in [1.54, 1.807) is 23.1 Å². The highest BCUT2D eigenvalue weighted by Crippen LogP contribution is 2.36. The zero-order valence-corrected chi connectivity index (χ0v) is 9.61. The standard InChI is InChI=1S/C11H14N4O3/c16-9-2-1-8(10(17)11(9)18)7-12-3-5-15-6-4-13-14-15/h1-2,4,6,12,16-18H,3,5,7H2. The lowest BCUT2D eigenvalue weighted by atomic mass is 10.1. The average molecular weight is 250 g/mol. The Bertz CT molecular complexity index is 513. The van der Waals surface area contributed by atoms with Gasteiger partial charge in [0.05, 0.1) is 12.7 Å². The van der Waals surface area contributed by atoms with Crippen molar-refractivity contribution in [2.75, 3.05) is 6.54 Å². The molecule has 0 spiro atoms. The van der Waals surface area contributed by atoms with E-state index in [0.717, 1.165) is 0 Å². The first kappa shape index (κ1) is 12.2. The lowest BCUT2D eigenvalue weighted by Gasteiger charge is -2.08. The van der Waals surface area contributed by atoms with Crippen molar-refractivity contribution in [3.63, 3.8) is 0 Å². The minimum absolute atomic E-state index is 0.303. The van der Waals surface area contributed by atoms with E-state index < -0.39 is 5.75 Å². The van der Waals surface area contributed by atoms with Crippen molar-refractivity contribution in [1.82, 2.24) is 20.3 Å². The molecule has 0 unspecified atom stereocenters. The summed E-state index contributed by atoms with van der Waals surface area (Å²) >= 11 is 0. The molecule has 18 heavy (non-hydrogen) atoms. The van der Waals surface area contributed by atoms with Crippen molar-refractivity contribution in [1.29, 1.82) is 0 Å². The maximum Gasteiger partial charge on any atom is 0.200 e. The molecule has 0 saturated heterocycles. The van der Waals surface area contributed by atoms with Crippen LogP contribution in [0, 0.1) is 0 Å². The van der Waals surface area contributed by atoms with Crippen LogP contribution in [0.2, 0.25) is 0 Å². The monoisotopic (exact) mass is 250 g/mol. The first-order valence-corrected chi connectivity index (χ1v) is 5.46. The number of nitrogens with zero attached hydrogens (tertiary/aromatic N) is 3. The molecule has 1 aromatic carbocycles. The number of benzene rings is 1. The van der Waals surface area contributed by atoms with Crippen molar-refractivity contribution in [3.05, 3.63) is 30.1 Å². The third kappa shape index (κ3) is 2.69. The minimum Gasteiger partial charge on any atom is -0.504 e. The molecule has 0 aliphatic rings. The Balaban J connectivity index is 1.85. The minimum atomic E-state index is -0.495. The van der Waals surface area contributed by atoms with Crippen LogP contribution in [0.1, 0.15) is 5.56 Å². The second-order valence-corrected chi connectivity index (χ2v) is 3.78. The molecule has 4 N–H and O–H groups in total. The zero-order chi connectivity index (χ0) is 13.0. The van der Waals surface area contributed by atoms with Crippen molar-refractivity contribution in [2.24, 2.45) is 0 Å². The van der Waals surface area contributed by atoms with Gasteiger partial charge in [0.25, 0.3) is 0 Å². The van der Waals surface area contributed by atoms with Crippen molar-refractivity contribution < 1.29 is 15.3 Å². The highest BCUT2D eigenvalue weighted by Gasteiger charge is 2.10. The van der Waals surface area contributed by atoms with Crippen LogP contribution in [0.5, 0.6) is 17.2 Å². The summed E-state index contributed by atoms with van der Waals surface area (Å²) in [6.45, 7) is 1.68. The molecule has 96 valence electrons. The molecule has 0 atom stereocenters. The molecule has 0 aliphatic heterocycles. The molecule has 0 amide bonds. The van der Waals surface area contributed by atoms with E-state index in [2.05, 4.69) is 15.6 Å². The molecule has 0 saturated carbocycles. The van der Waals surface area contributed by atoms with Crippen LogP contribution in [-0.4, -0.2) is 36.9 Å². The second-order valence-electron chi connectivity index (χ2n) is 3.78. The molecule has 7 heteroatoms. The smallest absolute Gasteiger partial charge is 0.200 e. The van der Waals surface area contributed by atoms with E-state index in [1.807, 2.05) is 0 Å². The molecule has 0 fully saturated rings. The Labute approximate surface area is 103 Å². The fourth-order valence-corrected chi connectivity index (χ4v) is 1.52. The number of phenolic OH excluding ortho intramolecular Hbond substituents is 3. The summed E-state index contributed by atoms with van der Waals surface area (Å²) in [5.74, 6) is -1.13. The summed E-state index contributed by atoms with van der Waals surface area (Å²) in [7, 11) is 0. The van der Waals surface area contributed by atoms with E-state index in [-0.39, 0.29) is 11.5 Å². The first-order valence-electron chi connectivity index (χ1n) is 5.46. The summed E-state index contributed by atoms with van der Waals surface area (Å²) < 4.78 is 1.68. The van der Waals surface area contributed by atoms with E-state index in [9.17, 15) is 15.3 Å². The summed E-state index contributed by atoms with van der Waals surface area (Å²) in [5, 5.41) is 38.7. The topological polar surface area (TPSA) is 103 Å². The van der Waals surface area contributed by atoms with E-state index in [4.69, 9.17) is 0 Å². The number of rotatable bonds is 5. The molecule has 0 aliphatic carbocycles. The number of nitrogens with one attached hydrogen (secondary N) is 1. The summed E-state index contributed by atoms with van der Waals surface area (Å²) in [6, 6.07) is 2.89. The number of hydrogen-bond acceptors (Lipinski definition) is 6. The molecule has 7 nitrogen and oxygen atoms in total. The molecule has 1 aromatic heterocycles. The van der Waals surface area contributed by atoms with Crippen molar-refractivity contribution >= 4 is 0 Å². The number of aromatic nitrogens is 3. The Morgan fingerprint density at radius 1 is 1.17 bits per heavy atom. The average Bonchev–Trinajstić information content (AvgIpc) is 2.87. The number of phenols is 3. The summed E-state index contributed by atoms with van der Waals surface area (Å²) in [6.07, 6.45) is 3.36. The lowest BCUT2D eigenvalue weighted by Crippen LogP contribution is -2.19. The Morgan fingerprint density at radius 3 is 2.72 bits per heavy atom. The highest BCUT2D eigenvalue weighted by atomic mass is 16.3. The van der Waals surface area contributed by atoms with E-state index in [0.29, 0.717) is 25.2 Å². The van der Waals surface area contributed by atoms with Gasteiger partial charge in [-0.25, -0.2) is 0 Å². The van der Waals surface area contributed by atoms with Crippen LogP contribution >= 0.6 is 0 Å². The molecular weight excluding hydrogens is 236 g/mol. The van der Waals surface area contributed by atoms with Gasteiger partial charge in [-0.2, -0.15) is 0 Å². The second kappa shape index (κ2) is 5.37. The van der Waals surface area contributed by atoms with Crippen LogP contribution in [0.25, 0.3) is 0 Å². The molecule has 1 heterocycles. The molecular formula is C11H14N4O3. The van der Waals surface area contributed by atoms with Gasteiger partial charge in [0.2, 0.25) is 5.75 Å². The molecule has 2 rings (SSSR count). The Morgan fingerprint density at radius 2 is 2.00 bits per heavy atom. The van der Waals surface area contributed by atoms with Gasteiger partial charge < -0.3 is 20.6 Å². The Hall–Kier alpha value is -2.28. The fraction of sp³-hybridized carbons (Fsp3) is 0.273. The van der Waals surface area contributed by atoms with Gasteiger partial charge in [0.15, 0.2) is 11.5 Å². The lowest BCUT2D eigenvalue weighted by molar-refractivity contribution is 0.364. The van der Waals surface area contributed by atoms with Gasteiger partial charge in [-0.3, -0.25) is 4.68 Å². The van der Waals surface area contributed by atoms with Crippen LogP contribution < -0.4 is 5.32 Å². The van der Waals surface area contributed by atoms with Gasteiger partial charge in [-0.1, -0.05) is 11.3 Å². The van der Waals surface area contributed by atoms with Crippen LogP contribution in [-0.2, 0) is 13.1 Å². The highest BCUT2D eigenvalue weighted by molar-refractivity contribution is 5.52. The Kier molecular flexibility index (Phi) is 3.63.